The minimum atomic E-state index is -0.779. The fraction of sp³-hybridized carbons (Fsp3) is 0.387. The first kappa shape index (κ1) is 32.9. The molecule has 3 aromatic rings. The molecule has 0 unspecified atom stereocenters. The third-order valence-electron chi connectivity index (χ3n) is 6.70. The van der Waals surface area contributed by atoms with Gasteiger partial charge in [-0.2, -0.15) is 0 Å². The summed E-state index contributed by atoms with van der Waals surface area (Å²) in [5.74, 6) is 3.58. The monoisotopic (exact) mass is 644 g/mol. The Morgan fingerprint density at radius 3 is 2.00 bits per heavy atom. The molecule has 1 saturated heterocycles. The number of aromatic nitrogens is 1. The summed E-state index contributed by atoms with van der Waals surface area (Å²) in [4.78, 5) is 29.8. The average molecular weight is 645 g/mol. The van der Waals surface area contributed by atoms with Crippen LogP contribution < -0.4 is 28.4 Å². The molecule has 13 heteroatoms. The number of nitrogens with zero attached hydrogens (tertiary/aromatic N) is 2. The van der Waals surface area contributed by atoms with Gasteiger partial charge in [0.15, 0.2) is 23.0 Å². The summed E-state index contributed by atoms with van der Waals surface area (Å²) in [7, 11) is 7.92. The first-order valence-electron chi connectivity index (χ1n) is 13.6. The number of rotatable bonds is 13. The first-order valence-corrected chi connectivity index (χ1v) is 15.6. The van der Waals surface area contributed by atoms with E-state index in [0.29, 0.717) is 40.2 Å². The Hall–Kier alpha value is -3.97. The zero-order valence-corrected chi connectivity index (χ0v) is 27.1. The zero-order chi connectivity index (χ0) is 31.6. The van der Waals surface area contributed by atoms with Gasteiger partial charge in [0.25, 0.3) is 0 Å². The van der Waals surface area contributed by atoms with Crippen molar-refractivity contribution in [3.05, 3.63) is 65.5 Å². The minimum Gasteiger partial charge on any atom is -0.493 e. The van der Waals surface area contributed by atoms with Crippen molar-refractivity contribution in [3.8, 4) is 34.5 Å². The van der Waals surface area contributed by atoms with Crippen molar-refractivity contribution in [3.63, 3.8) is 0 Å². The van der Waals surface area contributed by atoms with Gasteiger partial charge in [-0.1, -0.05) is 6.07 Å². The molecule has 11 nitrogen and oxygen atoms in total. The molecule has 2 heterocycles. The van der Waals surface area contributed by atoms with Crippen LogP contribution in [0, 0.1) is 0 Å². The summed E-state index contributed by atoms with van der Waals surface area (Å²) in [5.41, 5.74) is 2.66. The van der Waals surface area contributed by atoms with Crippen molar-refractivity contribution in [2.75, 3.05) is 54.5 Å². The second kappa shape index (κ2) is 15.7. The SMILES string of the molecule is COc1cc([C@H]2SC[C@H](c3cc(OC)c(OCCOC(=O)N(Cc4ccccn4)C(C)=O)c(OC)c3)S2)cc(OC)c1OC. The van der Waals surface area contributed by atoms with Gasteiger partial charge in [-0.05, 0) is 47.5 Å². The predicted octanol–water partition coefficient (Wildman–Crippen LogP) is 5.91. The van der Waals surface area contributed by atoms with E-state index in [1.54, 1.807) is 59.9 Å². The van der Waals surface area contributed by atoms with Crippen LogP contribution in [-0.4, -0.2) is 76.4 Å². The topological polar surface area (TPSA) is 115 Å². The Kier molecular flexibility index (Phi) is 11.7. The molecule has 0 spiro atoms. The first-order chi connectivity index (χ1) is 21.3. The highest BCUT2D eigenvalue weighted by Gasteiger charge is 2.32. The fourth-order valence-electron chi connectivity index (χ4n) is 4.53. The number of hydrogen-bond acceptors (Lipinski definition) is 12. The minimum absolute atomic E-state index is 0.0108. The number of benzene rings is 2. The molecule has 0 N–H and O–H groups in total. The van der Waals surface area contributed by atoms with Crippen molar-refractivity contribution in [1.82, 2.24) is 9.88 Å². The van der Waals surface area contributed by atoms with Gasteiger partial charge in [0.2, 0.25) is 17.4 Å². The van der Waals surface area contributed by atoms with Crippen molar-refractivity contribution >= 4 is 35.5 Å². The molecule has 2 aromatic carbocycles. The number of carbonyl (C=O) groups is 2. The summed E-state index contributed by atoms with van der Waals surface area (Å²) < 4.78 is 39.3. The van der Waals surface area contributed by atoms with E-state index in [-0.39, 0.29) is 29.6 Å². The average Bonchev–Trinajstić information content (AvgIpc) is 3.55. The summed E-state index contributed by atoms with van der Waals surface area (Å²) in [6.07, 6.45) is 0.815. The molecule has 0 aliphatic carbocycles. The van der Waals surface area contributed by atoms with Crippen molar-refractivity contribution in [2.45, 2.75) is 23.3 Å². The van der Waals surface area contributed by atoms with Crippen LogP contribution in [-0.2, 0) is 16.1 Å². The lowest BCUT2D eigenvalue weighted by atomic mass is 10.1. The second-order valence-electron chi connectivity index (χ2n) is 9.39. The van der Waals surface area contributed by atoms with Crippen LogP contribution in [0.15, 0.2) is 48.7 Å². The summed E-state index contributed by atoms with van der Waals surface area (Å²) in [5, 5.41) is 0.151. The lowest BCUT2D eigenvalue weighted by Crippen LogP contribution is -2.36. The molecule has 1 fully saturated rings. The number of pyridine rings is 1. The number of amides is 2. The lowest BCUT2D eigenvalue weighted by Gasteiger charge is -2.20. The molecule has 0 saturated carbocycles. The molecule has 4 rings (SSSR count). The van der Waals surface area contributed by atoms with Crippen LogP contribution in [0.4, 0.5) is 4.79 Å². The highest BCUT2D eigenvalue weighted by atomic mass is 32.2. The number of ether oxygens (including phenoxy) is 7. The third-order valence-corrected chi connectivity index (χ3v) is 10.0. The van der Waals surface area contributed by atoms with Gasteiger partial charge in [0, 0.05) is 24.1 Å². The van der Waals surface area contributed by atoms with E-state index >= 15 is 0 Å². The second-order valence-corrected chi connectivity index (χ2v) is 12.1. The summed E-state index contributed by atoms with van der Waals surface area (Å²) >= 11 is 3.63. The number of thioether (sulfide) groups is 2. The van der Waals surface area contributed by atoms with Crippen LogP contribution in [0.3, 0.4) is 0 Å². The van der Waals surface area contributed by atoms with Gasteiger partial charge in [-0.15, -0.1) is 23.5 Å². The summed E-state index contributed by atoms with van der Waals surface area (Å²) in [6, 6.07) is 13.1. The number of hydrogen-bond donors (Lipinski definition) is 0. The standard InChI is InChI=1S/C31H36N2O9S2/c1-19(34)33(17-22-9-7-8-10-32-22)31(35)42-12-11-41-29-25(38-4)13-20(14-26(29)39-5)27-18-43-30(44-27)21-15-23(36-2)28(40-6)24(16-21)37-3/h7-10,13-16,27,30H,11-12,17-18H2,1-6H3/t27-,30+/m1/s1. The normalized spacial score (nSPS) is 15.7. The van der Waals surface area contributed by atoms with Crippen LogP contribution >= 0.6 is 23.5 Å². The molecule has 1 aliphatic heterocycles. The Morgan fingerprint density at radius 1 is 0.841 bits per heavy atom. The van der Waals surface area contributed by atoms with E-state index in [1.165, 1.54) is 6.92 Å². The van der Waals surface area contributed by atoms with Crippen LogP contribution in [0.25, 0.3) is 0 Å². The quantitative estimate of drug-likeness (QED) is 0.206. The van der Waals surface area contributed by atoms with Gasteiger partial charge < -0.3 is 33.2 Å². The van der Waals surface area contributed by atoms with Crippen molar-refractivity contribution in [1.29, 1.82) is 0 Å². The molecule has 1 aliphatic rings. The van der Waals surface area contributed by atoms with Gasteiger partial charge in [0.1, 0.15) is 13.2 Å². The third kappa shape index (κ3) is 7.75. The maximum Gasteiger partial charge on any atom is 0.417 e. The zero-order valence-electron chi connectivity index (χ0n) is 25.5. The molecule has 44 heavy (non-hydrogen) atoms. The van der Waals surface area contributed by atoms with Gasteiger partial charge >= 0.3 is 6.09 Å². The molecule has 1 aromatic heterocycles. The highest BCUT2D eigenvalue weighted by Crippen LogP contribution is 2.58. The van der Waals surface area contributed by atoms with Crippen molar-refractivity contribution < 1.29 is 42.7 Å². The fourth-order valence-corrected chi connectivity index (χ4v) is 7.78. The summed E-state index contributed by atoms with van der Waals surface area (Å²) in [6.45, 7) is 1.23. The Morgan fingerprint density at radius 2 is 1.45 bits per heavy atom. The molecule has 0 bridgehead atoms. The van der Waals surface area contributed by atoms with Crippen LogP contribution in [0.5, 0.6) is 34.5 Å². The van der Waals surface area contributed by atoms with E-state index in [4.69, 9.17) is 33.2 Å². The Bertz CT molecular complexity index is 1390. The molecule has 236 valence electrons. The number of carbonyl (C=O) groups excluding carboxylic acids is 2. The number of imide groups is 1. The maximum atomic E-state index is 12.6. The molecule has 2 amide bonds. The van der Waals surface area contributed by atoms with Gasteiger partial charge in [0.05, 0.1) is 52.4 Å². The lowest BCUT2D eigenvalue weighted by molar-refractivity contribution is -0.127. The van der Waals surface area contributed by atoms with Crippen LogP contribution in [0.1, 0.15) is 33.6 Å². The largest absolute Gasteiger partial charge is 0.493 e. The molecule has 2 atom stereocenters. The highest BCUT2D eigenvalue weighted by molar-refractivity contribution is 8.19. The van der Waals surface area contributed by atoms with E-state index in [0.717, 1.165) is 21.8 Å². The Balaban J connectivity index is 1.41. The van der Waals surface area contributed by atoms with Gasteiger partial charge in [-0.3, -0.25) is 9.78 Å². The maximum absolute atomic E-state index is 12.6. The smallest absolute Gasteiger partial charge is 0.417 e. The van der Waals surface area contributed by atoms with E-state index in [1.807, 2.05) is 47.8 Å². The van der Waals surface area contributed by atoms with E-state index in [9.17, 15) is 9.59 Å². The molecular formula is C31H36N2O9S2. The van der Waals surface area contributed by atoms with E-state index in [2.05, 4.69) is 4.98 Å². The predicted molar refractivity (Wildman–Crippen MR) is 168 cm³/mol. The molecular weight excluding hydrogens is 608 g/mol. The van der Waals surface area contributed by atoms with Crippen molar-refractivity contribution in [2.24, 2.45) is 0 Å². The Labute approximate surface area is 265 Å². The van der Waals surface area contributed by atoms with E-state index < -0.39 is 12.0 Å². The molecule has 0 radical (unpaired) electrons. The number of methoxy groups -OCH3 is 5. The van der Waals surface area contributed by atoms with Crippen LogP contribution in [0.2, 0.25) is 0 Å². The van der Waals surface area contributed by atoms with Gasteiger partial charge in [-0.25, -0.2) is 9.69 Å².